The standard InChI is InChI=1S/C18H23ClN2O4S/c1-21(2)16(13-5-7-14(19)8-6-13)12-20-26(22,23)18-10-9-15(24-3)11-17(18)25-4/h5-11,16,20H,12H2,1-4H3. The van der Waals surface area contributed by atoms with E-state index in [1.807, 2.05) is 31.1 Å². The van der Waals surface area contributed by atoms with Gasteiger partial charge >= 0.3 is 0 Å². The summed E-state index contributed by atoms with van der Waals surface area (Å²) in [5.41, 5.74) is 0.962. The van der Waals surface area contributed by atoms with Crippen LogP contribution in [0.1, 0.15) is 11.6 Å². The van der Waals surface area contributed by atoms with E-state index in [-0.39, 0.29) is 23.2 Å². The first-order valence-corrected chi connectivity index (χ1v) is 9.78. The van der Waals surface area contributed by atoms with Crippen molar-refractivity contribution in [1.29, 1.82) is 0 Å². The molecule has 2 aromatic carbocycles. The zero-order valence-corrected chi connectivity index (χ0v) is 16.8. The zero-order chi connectivity index (χ0) is 19.3. The molecule has 0 saturated heterocycles. The first-order chi connectivity index (χ1) is 12.3. The lowest BCUT2D eigenvalue weighted by Crippen LogP contribution is -2.34. The van der Waals surface area contributed by atoms with E-state index >= 15 is 0 Å². The number of likely N-dealkylation sites (N-methyl/N-ethyl adjacent to an activating group) is 1. The molecule has 0 aliphatic heterocycles. The summed E-state index contributed by atoms with van der Waals surface area (Å²) < 4.78 is 38.5. The number of rotatable bonds is 8. The maximum atomic E-state index is 12.8. The first kappa shape index (κ1) is 20.5. The Balaban J connectivity index is 2.24. The second-order valence-electron chi connectivity index (χ2n) is 5.90. The molecular weight excluding hydrogens is 376 g/mol. The maximum Gasteiger partial charge on any atom is 0.244 e. The van der Waals surface area contributed by atoms with Crippen LogP contribution in [-0.2, 0) is 10.0 Å². The minimum absolute atomic E-state index is 0.0643. The number of halogens is 1. The highest BCUT2D eigenvalue weighted by Crippen LogP contribution is 2.28. The molecule has 1 unspecified atom stereocenters. The minimum Gasteiger partial charge on any atom is -0.497 e. The van der Waals surface area contributed by atoms with Crippen LogP contribution in [0.5, 0.6) is 11.5 Å². The topological polar surface area (TPSA) is 67.9 Å². The van der Waals surface area contributed by atoms with Gasteiger partial charge < -0.3 is 14.4 Å². The molecule has 2 aromatic rings. The van der Waals surface area contributed by atoms with Crippen LogP contribution in [0.15, 0.2) is 47.4 Å². The SMILES string of the molecule is COc1ccc(S(=O)(=O)NCC(c2ccc(Cl)cc2)N(C)C)c(OC)c1. The van der Waals surface area contributed by atoms with Crippen molar-refractivity contribution in [1.82, 2.24) is 9.62 Å². The van der Waals surface area contributed by atoms with Gasteiger partial charge in [-0.1, -0.05) is 23.7 Å². The number of methoxy groups -OCH3 is 2. The van der Waals surface area contributed by atoms with E-state index in [4.69, 9.17) is 21.1 Å². The van der Waals surface area contributed by atoms with E-state index in [2.05, 4.69) is 4.72 Å². The number of hydrogen-bond donors (Lipinski definition) is 1. The molecule has 1 atom stereocenters. The van der Waals surface area contributed by atoms with Gasteiger partial charge in [0.25, 0.3) is 0 Å². The van der Waals surface area contributed by atoms with Crippen LogP contribution >= 0.6 is 11.6 Å². The Kier molecular flexibility index (Phi) is 6.88. The Bertz CT molecular complexity index is 839. The summed E-state index contributed by atoms with van der Waals surface area (Å²) in [6, 6.07) is 11.8. The molecule has 0 saturated carbocycles. The highest BCUT2D eigenvalue weighted by molar-refractivity contribution is 7.89. The molecule has 0 aromatic heterocycles. The van der Waals surface area contributed by atoms with Crippen molar-refractivity contribution in [2.75, 3.05) is 34.9 Å². The largest absolute Gasteiger partial charge is 0.497 e. The highest BCUT2D eigenvalue weighted by atomic mass is 35.5. The van der Waals surface area contributed by atoms with Gasteiger partial charge in [-0.3, -0.25) is 0 Å². The normalized spacial score (nSPS) is 12.8. The molecule has 142 valence electrons. The van der Waals surface area contributed by atoms with Crippen LogP contribution in [0.25, 0.3) is 0 Å². The number of sulfonamides is 1. The highest BCUT2D eigenvalue weighted by Gasteiger charge is 2.23. The Hall–Kier alpha value is -1.80. The summed E-state index contributed by atoms with van der Waals surface area (Å²) >= 11 is 5.93. The molecule has 0 aliphatic carbocycles. The number of hydrogen-bond acceptors (Lipinski definition) is 5. The smallest absolute Gasteiger partial charge is 0.244 e. The molecule has 0 radical (unpaired) electrons. The molecule has 0 fully saturated rings. The first-order valence-electron chi connectivity index (χ1n) is 7.92. The predicted molar refractivity (Wildman–Crippen MR) is 103 cm³/mol. The van der Waals surface area contributed by atoms with E-state index in [0.717, 1.165) is 5.56 Å². The van der Waals surface area contributed by atoms with Crippen LogP contribution in [-0.4, -0.2) is 48.2 Å². The van der Waals surface area contributed by atoms with Gasteiger partial charge in [-0.2, -0.15) is 0 Å². The van der Waals surface area contributed by atoms with Gasteiger partial charge in [0.15, 0.2) is 0 Å². The summed E-state index contributed by atoms with van der Waals surface area (Å²) in [4.78, 5) is 2.01. The third kappa shape index (κ3) is 4.88. The van der Waals surface area contributed by atoms with Gasteiger partial charge in [0.2, 0.25) is 10.0 Å². The summed E-state index contributed by atoms with van der Waals surface area (Å²) in [5, 5.41) is 0.634. The van der Waals surface area contributed by atoms with Gasteiger partial charge in [0.1, 0.15) is 16.4 Å². The molecule has 0 aliphatic rings. The number of nitrogens with one attached hydrogen (secondary N) is 1. The average Bonchev–Trinajstić information content (AvgIpc) is 2.62. The average molecular weight is 399 g/mol. The number of ether oxygens (including phenoxy) is 2. The quantitative estimate of drug-likeness (QED) is 0.740. The third-order valence-electron chi connectivity index (χ3n) is 4.01. The summed E-state index contributed by atoms with van der Waals surface area (Å²) in [7, 11) is 2.95. The van der Waals surface area contributed by atoms with Crippen molar-refractivity contribution in [2.45, 2.75) is 10.9 Å². The van der Waals surface area contributed by atoms with Gasteiger partial charge in [-0.25, -0.2) is 13.1 Å². The fourth-order valence-corrected chi connectivity index (χ4v) is 3.86. The van der Waals surface area contributed by atoms with Gasteiger partial charge in [-0.15, -0.1) is 0 Å². The maximum absolute atomic E-state index is 12.8. The van der Waals surface area contributed by atoms with E-state index in [9.17, 15) is 8.42 Å². The molecule has 0 bridgehead atoms. The number of benzene rings is 2. The van der Waals surface area contributed by atoms with Crippen molar-refractivity contribution >= 4 is 21.6 Å². The fraction of sp³-hybridized carbons (Fsp3) is 0.333. The lowest BCUT2D eigenvalue weighted by molar-refractivity contribution is 0.299. The van der Waals surface area contributed by atoms with E-state index < -0.39 is 10.0 Å². The van der Waals surface area contributed by atoms with Crippen LogP contribution in [0.2, 0.25) is 5.02 Å². The van der Waals surface area contributed by atoms with Crippen LogP contribution in [0, 0.1) is 0 Å². The third-order valence-corrected chi connectivity index (χ3v) is 5.72. The molecule has 1 N–H and O–H groups in total. The predicted octanol–water partition coefficient (Wildman–Crippen LogP) is 2.94. The molecular formula is C18H23ClN2O4S. The van der Waals surface area contributed by atoms with Crippen LogP contribution < -0.4 is 14.2 Å². The van der Waals surface area contributed by atoms with Crippen molar-refractivity contribution in [3.63, 3.8) is 0 Å². The molecule has 0 spiro atoms. The van der Waals surface area contributed by atoms with Gasteiger partial charge in [0, 0.05) is 23.7 Å². The summed E-state index contributed by atoms with van der Waals surface area (Å²) in [6.45, 7) is 0.201. The van der Waals surface area contributed by atoms with Crippen LogP contribution in [0.3, 0.4) is 0 Å². The summed E-state index contributed by atoms with van der Waals surface area (Å²) in [5.74, 6) is 0.748. The molecule has 26 heavy (non-hydrogen) atoms. The van der Waals surface area contributed by atoms with E-state index in [1.165, 1.54) is 26.4 Å². The molecule has 2 rings (SSSR count). The van der Waals surface area contributed by atoms with E-state index in [1.54, 1.807) is 18.2 Å². The lowest BCUT2D eigenvalue weighted by Gasteiger charge is -2.25. The lowest BCUT2D eigenvalue weighted by atomic mass is 10.1. The second kappa shape index (κ2) is 8.73. The second-order valence-corrected chi connectivity index (χ2v) is 8.07. The van der Waals surface area contributed by atoms with Gasteiger partial charge in [0.05, 0.1) is 14.2 Å². The van der Waals surface area contributed by atoms with Gasteiger partial charge in [-0.05, 0) is 43.9 Å². The number of nitrogens with zero attached hydrogens (tertiary/aromatic N) is 1. The molecule has 8 heteroatoms. The van der Waals surface area contributed by atoms with Crippen molar-refractivity contribution in [2.24, 2.45) is 0 Å². The van der Waals surface area contributed by atoms with Crippen LogP contribution in [0.4, 0.5) is 0 Å². The fourth-order valence-electron chi connectivity index (χ4n) is 2.55. The van der Waals surface area contributed by atoms with E-state index in [0.29, 0.717) is 10.8 Å². The Labute approximate surface area is 159 Å². The molecule has 0 heterocycles. The monoisotopic (exact) mass is 398 g/mol. The molecule has 0 amide bonds. The Morgan fingerprint density at radius 1 is 1.08 bits per heavy atom. The van der Waals surface area contributed by atoms with Crippen molar-refractivity contribution in [3.05, 3.63) is 53.1 Å². The minimum atomic E-state index is -3.76. The van der Waals surface area contributed by atoms with Crippen molar-refractivity contribution in [3.8, 4) is 11.5 Å². The summed E-state index contributed by atoms with van der Waals surface area (Å²) in [6.07, 6.45) is 0. The Morgan fingerprint density at radius 3 is 2.27 bits per heavy atom. The Morgan fingerprint density at radius 2 is 1.73 bits per heavy atom. The zero-order valence-electron chi connectivity index (χ0n) is 15.2. The molecule has 6 nitrogen and oxygen atoms in total. The van der Waals surface area contributed by atoms with Crippen molar-refractivity contribution < 1.29 is 17.9 Å².